The van der Waals surface area contributed by atoms with Crippen molar-refractivity contribution in [3.05, 3.63) is 0 Å². The molecule has 6 heteroatoms. The summed E-state index contributed by atoms with van der Waals surface area (Å²) in [6, 6.07) is 0.279. The lowest BCUT2D eigenvalue weighted by molar-refractivity contribution is 0.140. The molecule has 0 bridgehead atoms. The fourth-order valence-electron chi connectivity index (χ4n) is 3.05. The maximum Gasteiger partial charge on any atom is 0.508 e. The number of amides is 1. The highest BCUT2D eigenvalue weighted by Gasteiger charge is 2.26. The molecule has 0 aromatic carbocycles. The van der Waals surface area contributed by atoms with Gasteiger partial charge >= 0.3 is 14.1 Å². The summed E-state index contributed by atoms with van der Waals surface area (Å²) in [7, 11) is -1.44. The van der Waals surface area contributed by atoms with Gasteiger partial charge in [-0.25, -0.2) is 4.79 Å². The SMILES string of the molecule is CCCCOC(=O)N[C@H]1CC[C@H](CCCCC[P+](=O)OCC)C1. The third-order valence-corrected chi connectivity index (χ3v) is 5.55. The Labute approximate surface area is 141 Å². The fraction of sp³-hybridized carbons (Fsp3) is 0.941. The average molecular weight is 346 g/mol. The molecule has 0 spiro atoms. The number of carbonyl (C=O) groups is 1. The number of ether oxygens (including phenoxy) is 1. The maximum absolute atomic E-state index is 11.6. The highest BCUT2D eigenvalue weighted by molar-refractivity contribution is 7.39. The van der Waals surface area contributed by atoms with E-state index in [0.717, 1.165) is 38.5 Å². The van der Waals surface area contributed by atoms with Gasteiger partial charge in [-0.1, -0.05) is 26.2 Å². The van der Waals surface area contributed by atoms with Crippen molar-refractivity contribution in [1.82, 2.24) is 5.32 Å². The molecular weight excluding hydrogens is 313 g/mol. The first-order chi connectivity index (χ1) is 11.2. The summed E-state index contributed by atoms with van der Waals surface area (Å²) in [6.07, 6.45) is 10.2. The first kappa shape index (κ1) is 20.4. The van der Waals surface area contributed by atoms with E-state index in [4.69, 9.17) is 9.26 Å². The lowest BCUT2D eigenvalue weighted by Gasteiger charge is -2.13. The van der Waals surface area contributed by atoms with Gasteiger partial charge in [-0.05, 0) is 55.9 Å². The topological polar surface area (TPSA) is 64.6 Å². The van der Waals surface area contributed by atoms with Crippen molar-refractivity contribution in [1.29, 1.82) is 0 Å². The minimum absolute atomic E-state index is 0.260. The number of hydrogen-bond acceptors (Lipinski definition) is 4. The normalized spacial score (nSPS) is 21.2. The monoisotopic (exact) mass is 346 g/mol. The van der Waals surface area contributed by atoms with Gasteiger partial charge in [0.25, 0.3) is 0 Å². The minimum atomic E-state index is -1.44. The number of unbranched alkanes of at least 4 members (excludes halogenated alkanes) is 3. The Morgan fingerprint density at radius 3 is 2.74 bits per heavy atom. The molecule has 134 valence electrons. The van der Waals surface area contributed by atoms with Crippen molar-refractivity contribution >= 4 is 14.1 Å². The Hall–Kier alpha value is -0.670. The molecule has 1 fully saturated rings. The van der Waals surface area contributed by atoms with Crippen LogP contribution in [-0.4, -0.2) is 31.5 Å². The molecule has 1 rings (SSSR count). The van der Waals surface area contributed by atoms with E-state index >= 15 is 0 Å². The summed E-state index contributed by atoms with van der Waals surface area (Å²) >= 11 is 0. The predicted molar refractivity (Wildman–Crippen MR) is 93.1 cm³/mol. The minimum Gasteiger partial charge on any atom is -0.450 e. The van der Waals surface area contributed by atoms with Crippen molar-refractivity contribution in [2.24, 2.45) is 5.92 Å². The average Bonchev–Trinajstić information content (AvgIpc) is 2.95. The smallest absolute Gasteiger partial charge is 0.450 e. The van der Waals surface area contributed by atoms with Crippen molar-refractivity contribution in [3.63, 3.8) is 0 Å². The Kier molecular flexibility index (Phi) is 11.3. The molecule has 0 radical (unpaired) electrons. The number of rotatable bonds is 12. The van der Waals surface area contributed by atoms with Crippen molar-refractivity contribution < 1.29 is 18.6 Å². The molecule has 3 atom stereocenters. The van der Waals surface area contributed by atoms with Crippen LogP contribution in [0.1, 0.15) is 71.6 Å². The van der Waals surface area contributed by atoms with Gasteiger partial charge in [0.15, 0.2) is 6.16 Å². The Morgan fingerprint density at radius 2 is 2.00 bits per heavy atom. The summed E-state index contributed by atoms with van der Waals surface area (Å²) in [5.74, 6) is 0.705. The molecule has 0 heterocycles. The number of hydrogen-bond donors (Lipinski definition) is 1. The first-order valence-corrected chi connectivity index (χ1v) is 10.5. The van der Waals surface area contributed by atoms with Crippen LogP contribution in [0.2, 0.25) is 0 Å². The zero-order chi connectivity index (χ0) is 16.9. The van der Waals surface area contributed by atoms with Gasteiger partial charge < -0.3 is 10.1 Å². The summed E-state index contributed by atoms with van der Waals surface area (Å²) in [5.41, 5.74) is 0. The molecule has 0 aliphatic heterocycles. The molecule has 1 N–H and O–H groups in total. The van der Waals surface area contributed by atoms with Gasteiger partial charge in [-0.2, -0.15) is 0 Å². The zero-order valence-corrected chi connectivity index (χ0v) is 15.6. The highest BCUT2D eigenvalue weighted by atomic mass is 31.1. The highest BCUT2D eigenvalue weighted by Crippen LogP contribution is 2.30. The van der Waals surface area contributed by atoms with Gasteiger partial charge in [-0.3, -0.25) is 0 Å². The van der Waals surface area contributed by atoms with E-state index in [-0.39, 0.29) is 12.1 Å². The molecule has 1 aliphatic rings. The molecule has 23 heavy (non-hydrogen) atoms. The lowest BCUT2D eigenvalue weighted by atomic mass is 10.00. The van der Waals surface area contributed by atoms with Crippen LogP contribution in [0.5, 0.6) is 0 Å². The number of carbonyl (C=O) groups excluding carboxylic acids is 1. The van der Waals surface area contributed by atoms with Crippen LogP contribution >= 0.6 is 8.03 Å². The third kappa shape index (κ3) is 9.93. The Bertz CT molecular complexity index is 351. The van der Waals surface area contributed by atoms with Gasteiger partial charge in [0.05, 0.1) is 13.2 Å². The number of alkyl carbamates (subject to hydrolysis) is 1. The molecule has 0 aromatic rings. The van der Waals surface area contributed by atoms with Crippen molar-refractivity contribution in [3.8, 4) is 0 Å². The van der Waals surface area contributed by atoms with E-state index in [0.29, 0.717) is 25.3 Å². The van der Waals surface area contributed by atoms with Gasteiger partial charge in [-0.15, -0.1) is 4.52 Å². The van der Waals surface area contributed by atoms with Crippen LogP contribution in [0.3, 0.4) is 0 Å². The quantitative estimate of drug-likeness (QED) is 0.398. The van der Waals surface area contributed by atoms with Crippen LogP contribution < -0.4 is 5.32 Å². The van der Waals surface area contributed by atoms with Crippen molar-refractivity contribution in [2.75, 3.05) is 19.4 Å². The Balaban J connectivity index is 2.02. The summed E-state index contributed by atoms with van der Waals surface area (Å²) in [5, 5.41) is 2.98. The lowest BCUT2D eigenvalue weighted by Crippen LogP contribution is -2.33. The first-order valence-electron chi connectivity index (χ1n) is 9.16. The van der Waals surface area contributed by atoms with Crippen LogP contribution in [0.25, 0.3) is 0 Å². The van der Waals surface area contributed by atoms with Gasteiger partial charge in [0, 0.05) is 6.04 Å². The van der Waals surface area contributed by atoms with Gasteiger partial charge in [0.2, 0.25) is 0 Å². The molecule has 1 amide bonds. The summed E-state index contributed by atoms with van der Waals surface area (Å²) in [6.45, 7) is 5.00. The molecule has 0 saturated heterocycles. The second-order valence-electron chi connectivity index (χ2n) is 6.33. The van der Waals surface area contributed by atoms with Crippen LogP contribution in [0.4, 0.5) is 4.79 Å². The largest absolute Gasteiger partial charge is 0.508 e. The molecule has 1 aliphatic carbocycles. The number of nitrogens with one attached hydrogen (secondary N) is 1. The predicted octanol–water partition coefficient (Wildman–Crippen LogP) is 5.02. The van der Waals surface area contributed by atoms with E-state index in [1.165, 1.54) is 19.3 Å². The molecule has 5 nitrogen and oxygen atoms in total. The van der Waals surface area contributed by atoms with Crippen LogP contribution in [0.15, 0.2) is 0 Å². The summed E-state index contributed by atoms with van der Waals surface area (Å²) < 4.78 is 21.6. The molecule has 0 aromatic heterocycles. The van der Waals surface area contributed by atoms with E-state index in [1.54, 1.807) is 0 Å². The summed E-state index contributed by atoms with van der Waals surface area (Å²) in [4.78, 5) is 11.6. The van der Waals surface area contributed by atoms with E-state index in [9.17, 15) is 9.36 Å². The van der Waals surface area contributed by atoms with Crippen molar-refractivity contribution in [2.45, 2.75) is 77.7 Å². The van der Waals surface area contributed by atoms with Gasteiger partial charge in [0.1, 0.15) is 0 Å². The zero-order valence-electron chi connectivity index (χ0n) is 14.7. The maximum atomic E-state index is 11.6. The van der Waals surface area contributed by atoms with Crippen LogP contribution in [-0.2, 0) is 13.8 Å². The molecular formula is C17H33NO4P+. The molecule has 1 unspecified atom stereocenters. The third-order valence-electron chi connectivity index (χ3n) is 4.32. The van der Waals surface area contributed by atoms with E-state index in [1.807, 2.05) is 6.92 Å². The fourth-order valence-corrected chi connectivity index (χ4v) is 3.94. The van der Waals surface area contributed by atoms with E-state index < -0.39 is 8.03 Å². The van der Waals surface area contributed by atoms with Crippen LogP contribution in [0, 0.1) is 5.92 Å². The second kappa shape index (κ2) is 12.7. The standard InChI is InChI=1S/C17H32NO4P/c1-3-5-12-21-17(19)18-16-11-10-15(14-16)9-7-6-8-13-23(20)22-4-2/h15-16H,3-14H2,1-2H3/p+1/t15-,16-/m0/s1. The Morgan fingerprint density at radius 1 is 1.17 bits per heavy atom. The van der Waals surface area contributed by atoms with E-state index in [2.05, 4.69) is 12.2 Å². The second-order valence-corrected chi connectivity index (χ2v) is 7.70. The molecule has 1 saturated carbocycles.